The summed E-state index contributed by atoms with van der Waals surface area (Å²) in [5.74, 6) is -0.0319. The van der Waals surface area contributed by atoms with Crippen LogP contribution in [0.15, 0.2) is 35.3 Å². The normalized spacial score (nSPS) is 17.6. The molecule has 1 aliphatic heterocycles. The molecular weight excluding hydrogens is 458 g/mol. The summed E-state index contributed by atoms with van der Waals surface area (Å²) in [4.78, 5) is 35.7. The van der Waals surface area contributed by atoms with Gasteiger partial charge in [-0.05, 0) is 56.2 Å². The summed E-state index contributed by atoms with van der Waals surface area (Å²) >= 11 is 5.89. The Morgan fingerprint density at radius 3 is 2.59 bits per heavy atom. The minimum Gasteiger partial charge on any atom is -0.495 e. The Bertz CT molecular complexity index is 1330. The number of halogens is 1. The van der Waals surface area contributed by atoms with Crippen LogP contribution >= 0.6 is 11.6 Å². The van der Waals surface area contributed by atoms with Crippen molar-refractivity contribution in [3.8, 4) is 5.75 Å². The highest BCUT2D eigenvalue weighted by atomic mass is 35.5. The van der Waals surface area contributed by atoms with Gasteiger partial charge in [0.15, 0.2) is 5.69 Å². The van der Waals surface area contributed by atoms with Gasteiger partial charge in [0, 0.05) is 24.7 Å². The quantitative estimate of drug-likeness (QED) is 0.506. The van der Waals surface area contributed by atoms with E-state index < -0.39 is 12.0 Å². The summed E-state index contributed by atoms with van der Waals surface area (Å²) in [5, 5.41) is 12.8. The van der Waals surface area contributed by atoms with E-state index >= 15 is 0 Å². The van der Waals surface area contributed by atoms with Crippen LogP contribution in [0, 0.1) is 5.41 Å². The second kappa shape index (κ2) is 8.47. The van der Waals surface area contributed by atoms with Gasteiger partial charge < -0.3 is 20.1 Å². The van der Waals surface area contributed by atoms with E-state index in [0.717, 1.165) is 25.9 Å². The fraction of sp³-hybridized carbons (Fsp3) is 0.417. The van der Waals surface area contributed by atoms with Crippen LogP contribution in [-0.2, 0) is 0 Å². The standard InChI is InChI=1S/C24H26ClN5O4/c1-14(26-17-3-4-18(25)27-21(17)23(32)33)16-11-15(34-2)13-30-20(31)12-19(28-22(16)30)29-9-7-24(5-6-24)8-10-29/h3-4,11-14,26H,5-10H2,1-2H3,(H,32,33)/t14-/m1/s1. The number of hydrogen-bond acceptors (Lipinski definition) is 7. The van der Waals surface area contributed by atoms with Crippen molar-refractivity contribution < 1.29 is 14.6 Å². The number of rotatable bonds is 6. The highest BCUT2D eigenvalue weighted by molar-refractivity contribution is 6.29. The molecule has 2 N–H and O–H groups in total. The summed E-state index contributed by atoms with van der Waals surface area (Å²) in [6.07, 6.45) is 6.48. The molecule has 2 fully saturated rings. The zero-order chi connectivity index (χ0) is 24.0. The van der Waals surface area contributed by atoms with Gasteiger partial charge in [-0.15, -0.1) is 0 Å². The number of pyridine rings is 2. The molecule has 9 nitrogen and oxygen atoms in total. The molecular formula is C24H26ClN5O4. The van der Waals surface area contributed by atoms with Gasteiger partial charge in [0.05, 0.1) is 25.0 Å². The van der Waals surface area contributed by atoms with Crippen molar-refractivity contribution in [3.05, 3.63) is 57.2 Å². The van der Waals surface area contributed by atoms with Gasteiger partial charge in [0.2, 0.25) is 0 Å². The number of methoxy groups -OCH3 is 1. The van der Waals surface area contributed by atoms with Crippen LogP contribution in [0.2, 0.25) is 5.15 Å². The molecule has 34 heavy (non-hydrogen) atoms. The van der Waals surface area contributed by atoms with Crippen LogP contribution < -0.4 is 20.5 Å². The van der Waals surface area contributed by atoms with Gasteiger partial charge in [-0.25, -0.2) is 14.8 Å². The van der Waals surface area contributed by atoms with Crippen LogP contribution in [0.3, 0.4) is 0 Å². The van der Waals surface area contributed by atoms with Gasteiger partial charge in [-0.3, -0.25) is 9.20 Å². The summed E-state index contributed by atoms with van der Waals surface area (Å²) in [6, 6.07) is 6.07. The molecule has 1 saturated heterocycles. The van der Waals surface area contributed by atoms with Gasteiger partial charge in [-0.2, -0.15) is 0 Å². The molecule has 1 atom stereocenters. The molecule has 1 spiro atoms. The van der Waals surface area contributed by atoms with E-state index in [9.17, 15) is 14.7 Å². The van der Waals surface area contributed by atoms with Crippen molar-refractivity contribution in [1.82, 2.24) is 14.4 Å². The summed E-state index contributed by atoms with van der Waals surface area (Å²) in [5.41, 5.74) is 1.65. The van der Waals surface area contributed by atoms with E-state index in [-0.39, 0.29) is 16.4 Å². The lowest BCUT2D eigenvalue weighted by Gasteiger charge is -2.33. The fourth-order valence-electron chi connectivity index (χ4n) is 4.69. The van der Waals surface area contributed by atoms with E-state index in [1.165, 1.54) is 30.4 Å². The molecule has 4 heterocycles. The first-order valence-electron chi connectivity index (χ1n) is 11.3. The van der Waals surface area contributed by atoms with Crippen molar-refractivity contribution in [1.29, 1.82) is 0 Å². The lowest BCUT2D eigenvalue weighted by atomic mass is 9.94. The lowest BCUT2D eigenvalue weighted by molar-refractivity contribution is 0.0691. The second-order valence-electron chi connectivity index (χ2n) is 9.17. The third kappa shape index (κ3) is 4.16. The monoisotopic (exact) mass is 483 g/mol. The number of ether oxygens (including phenoxy) is 1. The van der Waals surface area contributed by atoms with Crippen molar-refractivity contribution in [3.63, 3.8) is 0 Å². The average Bonchev–Trinajstić information content (AvgIpc) is 3.58. The van der Waals surface area contributed by atoms with Crippen LogP contribution in [-0.4, -0.2) is 45.6 Å². The Morgan fingerprint density at radius 1 is 1.21 bits per heavy atom. The molecule has 0 radical (unpaired) electrons. The van der Waals surface area contributed by atoms with E-state index in [1.54, 1.807) is 18.3 Å². The van der Waals surface area contributed by atoms with Crippen molar-refractivity contribution >= 4 is 34.7 Å². The third-order valence-corrected chi connectivity index (χ3v) is 7.20. The molecule has 0 bridgehead atoms. The zero-order valence-corrected chi connectivity index (χ0v) is 19.8. The Balaban J connectivity index is 1.54. The molecule has 1 saturated carbocycles. The maximum absolute atomic E-state index is 13.1. The number of piperidine rings is 1. The molecule has 3 aromatic heterocycles. The smallest absolute Gasteiger partial charge is 0.356 e. The Kier molecular flexibility index (Phi) is 5.59. The second-order valence-corrected chi connectivity index (χ2v) is 9.56. The van der Waals surface area contributed by atoms with Gasteiger partial charge in [0.25, 0.3) is 5.56 Å². The van der Waals surface area contributed by atoms with Crippen molar-refractivity contribution in [2.75, 3.05) is 30.4 Å². The molecule has 0 aromatic carbocycles. The number of fused-ring (bicyclic) bond motifs is 1. The number of carbonyl (C=O) groups is 1. The molecule has 3 aromatic rings. The number of aromatic nitrogens is 3. The summed E-state index contributed by atoms with van der Waals surface area (Å²) in [6.45, 7) is 3.65. The molecule has 0 unspecified atom stereocenters. The molecule has 1 aliphatic carbocycles. The fourth-order valence-corrected chi connectivity index (χ4v) is 4.84. The predicted molar refractivity (Wildman–Crippen MR) is 129 cm³/mol. The molecule has 10 heteroatoms. The number of anilines is 2. The summed E-state index contributed by atoms with van der Waals surface area (Å²) < 4.78 is 6.90. The highest BCUT2D eigenvalue weighted by Gasteiger charge is 2.44. The molecule has 0 amide bonds. The molecule has 178 valence electrons. The van der Waals surface area contributed by atoms with Gasteiger partial charge in [-0.1, -0.05) is 11.6 Å². The van der Waals surface area contributed by atoms with Gasteiger partial charge in [0.1, 0.15) is 22.4 Å². The van der Waals surface area contributed by atoms with E-state index in [4.69, 9.17) is 21.3 Å². The highest BCUT2D eigenvalue weighted by Crippen LogP contribution is 2.53. The number of nitrogens with zero attached hydrogens (tertiary/aromatic N) is 4. The number of nitrogens with one attached hydrogen (secondary N) is 1. The van der Waals surface area contributed by atoms with Crippen LogP contribution in [0.4, 0.5) is 11.5 Å². The Labute approximate surface area is 201 Å². The largest absolute Gasteiger partial charge is 0.495 e. The number of hydrogen-bond donors (Lipinski definition) is 2. The minimum atomic E-state index is -1.19. The minimum absolute atomic E-state index is 0.0924. The van der Waals surface area contributed by atoms with E-state index in [0.29, 0.717) is 33.9 Å². The Hall–Kier alpha value is -3.33. The first-order valence-corrected chi connectivity index (χ1v) is 11.7. The van der Waals surface area contributed by atoms with E-state index in [2.05, 4.69) is 15.2 Å². The predicted octanol–water partition coefficient (Wildman–Crippen LogP) is 4.00. The third-order valence-electron chi connectivity index (χ3n) is 6.99. The van der Waals surface area contributed by atoms with Crippen molar-refractivity contribution in [2.45, 2.75) is 38.6 Å². The lowest BCUT2D eigenvalue weighted by Crippen LogP contribution is -2.36. The van der Waals surface area contributed by atoms with Gasteiger partial charge >= 0.3 is 5.97 Å². The van der Waals surface area contributed by atoms with Crippen LogP contribution in [0.25, 0.3) is 5.65 Å². The first kappa shape index (κ1) is 22.5. The van der Waals surface area contributed by atoms with Crippen LogP contribution in [0.5, 0.6) is 5.75 Å². The van der Waals surface area contributed by atoms with Crippen LogP contribution in [0.1, 0.15) is 54.7 Å². The number of carboxylic acids is 1. The zero-order valence-electron chi connectivity index (χ0n) is 19.0. The SMILES string of the molecule is COc1cc([C@@H](C)Nc2ccc(Cl)nc2C(=O)O)c2nc(N3CCC4(CC3)CC4)cc(=O)n2c1. The average molecular weight is 484 g/mol. The molecule has 5 rings (SSSR count). The maximum Gasteiger partial charge on any atom is 0.356 e. The first-order chi connectivity index (χ1) is 16.3. The topological polar surface area (TPSA) is 109 Å². The molecule has 2 aliphatic rings. The maximum atomic E-state index is 13.1. The Morgan fingerprint density at radius 2 is 1.94 bits per heavy atom. The number of aromatic carboxylic acids is 1. The van der Waals surface area contributed by atoms with Crippen molar-refractivity contribution in [2.24, 2.45) is 5.41 Å². The summed E-state index contributed by atoms with van der Waals surface area (Å²) in [7, 11) is 1.53. The number of carboxylic acid groups (broad SMARTS) is 1. The van der Waals surface area contributed by atoms with E-state index in [1.807, 2.05) is 13.0 Å².